The molecular weight excluding hydrogens is 394 g/mol. The Labute approximate surface area is 170 Å². The molecule has 8 nitrogen and oxygen atoms in total. The summed E-state index contributed by atoms with van der Waals surface area (Å²) in [6.07, 6.45) is 3.20. The van der Waals surface area contributed by atoms with Gasteiger partial charge >= 0.3 is 0 Å². The summed E-state index contributed by atoms with van der Waals surface area (Å²) in [5, 5.41) is 5.65. The van der Waals surface area contributed by atoms with Gasteiger partial charge in [-0.1, -0.05) is 6.92 Å². The van der Waals surface area contributed by atoms with Gasteiger partial charge in [-0.15, -0.1) is 0 Å². The first kappa shape index (κ1) is 21.1. The van der Waals surface area contributed by atoms with Crippen molar-refractivity contribution in [3.8, 4) is 0 Å². The Morgan fingerprint density at radius 1 is 1.10 bits per heavy atom. The predicted molar refractivity (Wildman–Crippen MR) is 109 cm³/mol. The van der Waals surface area contributed by atoms with E-state index < -0.39 is 10.0 Å². The highest BCUT2D eigenvalue weighted by Gasteiger charge is 2.28. The summed E-state index contributed by atoms with van der Waals surface area (Å²) in [6, 6.07) is 9.70. The summed E-state index contributed by atoms with van der Waals surface area (Å²) < 4.78 is 30.8. The number of carbonyl (C=O) groups is 2. The summed E-state index contributed by atoms with van der Waals surface area (Å²) in [6.45, 7) is 2.69. The molecule has 1 aliphatic heterocycles. The first-order valence-electron chi connectivity index (χ1n) is 9.62. The first-order chi connectivity index (χ1) is 13.9. The smallest absolute Gasteiger partial charge is 0.291 e. The molecule has 2 N–H and O–H groups in total. The van der Waals surface area contributed by atoms with E-state index in [1.54, 1.807) is 36.4 Å². The fraction of sp³-hybridized carbons (Fsp3) is 0.400. The Morgan fingerprint density at radius 3 is 2.38 bits per heavy atom. The maximum Gasteiger partial charge on any atom is 0.291 e. The van der Waals surface area contributed by atoms with Gasteiger partial charge < -0.3 is 15.1 Å². The van der Waals surface area contributed by atoms with Crippen LogP contribution in [0, 0.1) is 0 Å². The number of rotatable bonds is 7. The maximum atomic E-state index is 12.5. The molecular formula is C20H25N3O5S. The van der Waals surface area contributed by atoms with Crippen LogP contribution in [0.4, 0.5) is 5.69 Å². The molecule has 1 aliphatic rings. The molecule has 1 aromatic heterocycles. The van der Waals surface area contributed by atoms with Crippen molar-refractivity contribution in [2.45, 2.75) is 32.2 Å². The van der Waals surface area contributed by atoms with E-state index >= 15 is 0 Å². The predicted octanol–water partition coefficient (Wildman–Crippen LogP) is 2.47. The number of sulfonamides is 1. The van der Waals surface area contributed by atoms with Crippen LogP contribution in [-0.2, 0) is 10.0 Å². The van der Waals surface area contributed by atoms with Crippen LogP contribution in [0.2, 0.25) is 0 Å². The number of piperidine rings is 1. The summed E-state index contributed by atoms with van der Waals surface area (Å²) >= 11 is 0. The zero-order chi connectivity index (χ0) is 20.9. The molecule has 0 saturated carbocycles. The summed E-state index contributed by atoms with van der Waals surface area (Å²) in [7, 11) is -3.19. The van der Waals surface area contributed by atoms with Gasteiger partial charge in [0, 0.05) is 30.4 Å². The van der Waals surface area contributed by atoms with E-state index in [1.807, 2.05) is 6.92 Å². The zero-order valence-corrected chi connectivity index (χ0v) is 17.1. The third-order valence-corrected chi connectivity index (χ3v) is 6.87. The van der Waals surface area contributed by atoms with Crippen LogP contribution >= 0.6 is 0 Å². The molecule has 0 spiro atoms. The van der Waals surface area contributed by atoms with Crippen LogP contribution in [0.5, 0.6) is 0 Å². The highest BCUT2D eigenvalue weighted by Crippen LogP contribution is 2.17. The molecule has 1 fully saturated rings. The van der Waals surface area contributed by atoms with Gasteiger partial charge in [-0.05, 0) is 55.7 Å². The normalized spacial score (nSPS) is 15.8. The van der Waals surface area contributed by atoms with E-state index in [4.69, 9.17) is 4.42 Å². The molecule has 1 aromatic carbocycles. The molecule has 0 bridgehead atoms. The van der Waals surface area contributed by atoms with Crippen LogP contribution in [0.1, 0.15) is 47.1 Å². The number of amides is 2. The molecule has 0 atom stereocenters. The minimum atomic E-state index is -3.19. The highest BCUT2D eigenvalue weighted by atomic mass is 32.2. The van der Waals surface area contributed by atoms with Gasteiger partial charge in [0.25, 0.3) is 11.8 Å². The van der Waals surface area contributed by atoms with Gasteiger partial charge in [-0.25, -0.2) is 12.7 Å². The zero-order valence-electron chi connectivity index (χ0n) is 16.3. The Hall–Kier alpha value is -2.65. The molecule has 2 heterocycles. The second-order valence-corrected chi connectivity index (χ2v) is 9.06. The van der Waals surface area contributed by atoms with Crippen molar-refractivity contribution in [3.63, 3.8) is 0 Å². The Morgan fingerprint density at radius 2 is 1.79 bits per heavy atom. The molecule has 1 saturated heterocycles. The van der Waals surface area contributed by atoms with Gasteiger partial charge in [-0.2, -0.15) is 0 Å². The SMILES string of the molecule is CCCS(=O)(=O)N1CCC(NC(=O)c2ccc(NC(=O)c3ccco3)cc2)CC1. The van der Waals surface area contributed by atoms with Gasteiger partial charge in [0.2, 0.25) is 10.0 Å². The Balaban J connectivity index is 1.51. The molecule has 0 aliphatic carbocycles. The fourth-order valence-corrected chi connectivity index (χ4v) is 4.78. The quantitative estimate of drug-likeness (QED) is 0.717. The van der Waals surface area contributed by atoms with Gasteiger partial charge in [-0.3, -0.25) is 9.59 Å². The lowest BCUT2D eigenvalue weighted by atomic mass is 10.1. The maximum absolute atomic E-state index is 12.5. The van der Waals surface area contributed by atoms with Crippen molar-refractivity contribution < 1.29 is 22.4 Å². The Kier molecular flexibility index (Phi) is 6.71. The van der Waals surface area contributed by atoms with E-state index in [-0.39, 0.29) is 29.4 Å². The average Bonchev–Trinajstić information content (AvgIpc) is 3.24. The number of anilines is 1. The van der Waals surface area contributed by atoms with Gasteiger partial charge in [0.1, 0.15) is 0 Å². The molecule has 29 heavy (non-hydrogen) atoms. The molecule has 2 aromatic rings. The van der Waals surface area contributed by atoms with Crippen molar-refractivity contribution in [2.24, 2.45) is 0 Å². The second-order valence-electron chi connectivity index (χ2n) is 6.97. The summed E-state index contributed by atoms with van der Waals surface area (Å²) in [5.41, 5.74) is 1.03. The van der Waals surface area contributed by atoms with Crippen LogP contribution < -0.4 is 10.6 Å². The van der Waals surface area contributed by atoms with Gasteiger partial charge in [0.05, 0.1) is 12.0 Å². The number of hydrogen-bond acceptors (Lipinski definition) is 5. The van der Waals surface area contributed by atoms with Crippen LogP contribution in [0.3, 0.4) is 0 Å². The van der Waals surface area contributed by atoms with Crippen molar-refractivity contribution in [3.05, 3.63) is 54.0 Å². The van der Waals surface area contributed by atoms with Crippen molar-refractivity contribution in [2.75, 3.05) is 24.2 Å². The lowest BCUT2D eigenvalue weighted by Crippen LogP contribution is -2.47. The van der Waals surface area contributed by atoms with E-state index in [9.17, 15) is 18.0 Å². The highest BCUT2D eigenvalue weighted by molar-refractivity contribution is 7.89. The van der Waals surface area contributed by atoms with Crippen molar-refractivity contribution in [1.29, 1.82) is 0 Å². The van der Waals surface area contributed by atoms with E-state index in [1.165, 1.54) is 10.6 Å². The second kappa shape index (κ2) is 9.23. The van der Waals surface area contributed by atoms with Crippen LogP contribution in [-0.4, -0.2) is 49.4 Å². The third-order valence-electron chi connectivity index (χ3n) is 4.79. The van der Waals surface area contributed by atoms with E-state index in [0.717, 1.165) is 0 Å². The van der Waals surface area contributed by atoms with E-state index in [0.29, 0.717) is 43.6 Å². The summed E-state index contributed by atoms with van der Waals surface area (Å²) in [5.74, 6) is -0.216. The standard InChI is InChI=1S/C20H25N3O5S/c1-2-14-29(26,27)23-11-9-17(10-12-23)21-19(24)15-5-7-16(8-6-15)22-20(25)18-4-3-13-28-18/h3-8,13,17H,2,9-12,14H2,1H3,(H,21,24)(H,22,25). The molecule has 9 heteroatoms. The number of hydrogen-bond donors (Lipinski definition) is 2. The monoisotopic (exact) mass is 419 g/mol. The Bertz CT molecular complexity index is 931. The molecule has 3 rings (SSSR count). The number of benzene rings is 1. The number of carbonyl (C=O) groups excluding carboxylic acids is 2. The van der Waals surface area contributed by atoms with Gasteiger partial charge in [0.15, 0.2) is 5.76 Å². The average molecular weight is 420 g/mol. The molecule has 0 unspecified atom stereocenters. The number of furan rings is 1. The summed E-state index contributed by atoms with van der Waals surface area (Å²) in [4.78, 5) is 24.4. The van der Waals surface area contributed by atoms with Crippen LogP contribution in [0.25, 0.3) is 0 Å². The number of nitrogens with zero attached hydrogens (tertiary/aromatic N) is 1. The minimum Gasteiger partial charge on any atom is -0.459 e. The van der Waals surface area contributed by atoms with E-state index in [2.05, 4.69) is 10.6 Å². The minimum absolute atomic E-state index is 0.0612. The molecule has 156 valence electrons. The lowest BCUT2D eigenvalue weighted by molar-refractivity contribution is 0.0923. The molecule has 0 radical (unpaired) electrons. The molecule has 2 amide bonds. The lowest BCUT2D eigenvalue weighted by Gasteiger charge is -2.31. The number of nitrogens with one attached hydrogen (secondary N) is 2. The first-order valence-corrected chi connectivity index (χ1v) is 11.2. The fourth-order valence-electron chi connectivity index (χ4n) is 3.24. The van der Waals surface area contributed by atoms with Crippen LogP contribution in [0.15, 0.2) is 47.1 Å². The third kappa shape index (κ3) is 5.45. The van der Waals surface area contributed by atoms with Crippen molar-refractivity contribution in [1.82, 2.24) is 9.62 Å². The topological polar surface area (TPSA) is 109 Å². The van der Waals surface area contributed by atoms with Crippen molar-refractivity contribution >= 4 is 27.5 Å². The largest absolute Gasteiger partial charge is 0.459 e.